The Labute approximate surface area is 211 Å². The van der Waals surface area contributed by atoms with Crippen LogP contribution in [0.4, 0.5) is 11.4 Å². The summed E-state index contributed by atoms with van der Waals surface area (Å²) in [6.45, 7) is 3.40. The number of fused-ring (bicyclic) bond motifs is 3. The van der Waals surface area contributed by atoms with Gasteiger partial charge in [0.25, 0.3) is 0 Å². The van der Waals surface area contributed by atoms with Crippen LogP contribution in [0.15, 0.2) is 66.7 Å². The predicted octanol–water partition coefficient (Wildman–Crippen LogP) is 4.86. The second kappa shape index (κ2) is 10.2. The highest BCUT2D eigenvalue weighted by Crippen LogP contribution is 2.39. The first kappa shape index (κ1) is 23.5. The number of hydrogen-bond donors (Lipinski definition) is 1. The van der Waals surface area contributed by atoms with Crippen molar-refractivity contribution in [1.29, 1.82) is 0 Å². The van der Waals surface area contributed by atoms with E-state index < -0.39 is 0 Å². The summed E-state index contributed by atoms with van der Waals surface area (Å²) in [5.41, 5.74) is 4.32. The van der Waals surface area contributed by atoms with Gasteiger partial charge in [-0.2, -0.15) is 0 Å². The van der Waals surface area contributed by atoms with Crippen LogP contribution in [0.5, 0.6) is 11.5 Å². The Morgan fingerprint density at radius 3 is 2.54 bits per heavy atom. The molecular formula is C28H30ClN3O3. The number of nitrogens with one attached hydrogen (secondary N) is 1. The topological polar surface area (TPSA) is 54.0 Å². The molecule has 3 aromatic rings. The molecule has 5 rings (SSSR count). The van der Waals surface area contributed by atoms with Crippen LogP contribution in [0.3, 0.4) is 0 Å². The molecule has 1 fully saturated rings. The summed E-state index contributed by atoms with van der Waals surface area (Å²) in [5, 5.41) is 3.88. The minimum Gasteiger partial charge on any atom is -0.497 e. The third kappa shape index (κ3) is 5.09. The van der Waals surface area contributed by atoms with Crippen LogP contribution >= 0.6 is 11.6 Å². The number of carbonyl (C=O) groups is 1. The first-order valence-corrected chi connectivity index (χ1v) is 12.3. The molecule has 2 aliphatic rings. The molecule has 2 heterocycles. The number of amides is 1. The molecule has 0 spiro atoms. The van der Waals surface area contributed by atoms with E-state index in [1.165, 1.54) is 16.8 Å². The number of methoxy groups -OCH3 is 2. The Kier molecular flexibility index (Phi) is 6.84. The standard InChI is InChI=1S/C28H30ClN3O3/c1-34-23-5-3-4-22(15-23)30-28(33)25-14-20-8-11-24(35-2)16-26(20)32-13-12-31(18-27(25)32)17-19-6-9-21(29)10-7-19/h3-11,15-16,25,27H,12-14,17-18H2,1-2H3,(H,30,33). The zero-order valence-corrected chi connectivity index (χ0v) is 20.8. The monoisotopic (exact) mass is 491 g/mol. The maximum absolute atomic E-state index is 13.6. The Morgan fingerprint density at radius 2 is 1.77 bits per heavy atom. The van der Waals surface area contributed by atoms with Gasteiger partial charge in [-0.1, -0.05) is 35.9 Å². The van der Waals surface area contributed by atoms with E-state index >= 15 is 0 Å². The van der Waals surface area contributed by atoms with Crippen molar-refractivity contribution in [1.82, 2.24) is 4.90 Å². The van der Waals surface area contributed by atoms with Gasteiger partial charge >= 0.3 is 0 Å². The SMILES string of the molecule is COc1cccc(NC(=O)C2Cc3ccc(OC)cc3N3CCN(Cc4ccc(Cl)cc4)CC23)c1. The van der Waals surface area contributed by atoms with Gasteiger partial charge in [0.1, 0.15) is 11.5 Å². The summed E-state index contributed by atoms with van der Waals surface area (Å²) in [7, 11) is 3.32. The predicted molar refractivity (Wildman–Crippen MR) is 140 cm³/mol. The molecule has 1 N–H and O–H groups in total. The highest BCUT2D eigenvalue weighted by Gasteiger charge is 2.41. The molecule has 3 aromatic carbocycles. The van der Waals surface area contributed by atoms with Crippen LogP contribution in [0.1, 0.15) is 11.1 Å². The molecule has 2 unspecified atom stereocenters. The molecule has 1 saturated heterocycles. The van der Waals surface area contributed by atoms with E-state index in [9.17, 15) is 4.79 Å². The van der Waals surface area contributed by atoms with Crippen LogP contribution in [0.25, 0.3) is 0 Å². The van der Waals surface area contributed by atoms with Crippen molar-refractivity contribution in [3.8, 4) is 11.5 Å². The fourth-order valence-corrected chi connectivity index (χ4v) is 5.32. The number of nitrogens with zero attached hydrogens (tertiary/aromatic N) is 2. The maximum Gasteiger partial charge on any atom is 0.229 e. The van der Waals surface area contributed by atoms with Crippen LogP contribution in [-0.4, -0.2) is 50.7 Å². The van der Waals surface area contributed by atoms with Gasteiger partial charge in [-0.05, 0) is 47.9 Å². The molecule has 35 heavy (non-hydrogen) atoms. The lowest BCUT2D eigenvalue weighted by Gasteiger charge is -2.49. The van der Waals surface area contributed by atoms with Gasteiger partial charge in [-0.3, -0.25) is 9.69 Å². The molecule has 1 amide bonds. The molecule has 0 aliphatic carbocycles. The third-order valence-corrected chi connectivity index (χ3v) is 7.25. The van der Waals surface area contributed by atoms with E-state index in [4.69, 9.17) is 21.1 Å². The van der Waals surface area contributed by atoms with E-state index in [1.807, 2.05) is 42.5 Å². The number of halogens is 1. The molecule has 2 atom stereocenters. The third-order valence-electron chi connectivity index (χ3n) is 7.00. The first-order chi connectivity index (χ1) is 17.0. The van der Waals surface area contributed by atoms with E-state index in [-0.39, 0.29) is 17.9 Å². The van der Waals surface area contributed by atoms with Crippen molar-refractivity contribution in [3.63, 3.8) is 0 Å². The molecule has 0 saturated carbocycles. The summed E-state index contributed by atoms with van der Waals surface area (Å²) in [6.07, 6.45) is 0.686. The van der Waals surface area contributed by atoms with E-state index in [1.54, 1.807) is 14.2 Å². The van der Waals surface area contributed by atoms with Gasteiger partial charge in [0.15, 0.2) is 0 Å². The zero-order valence-electron chi connectivity index (χ0n) is 20.0. The van der Waals surface area contributed by atoms with Gasteiger partial charge < -0.3 is 19.7 Å². The minimum atomic E-state index is -0.185. The number of rotatable bonds is 6. The van der Waals surface area contributed by atoms with Crippen molar-refractivity contribution in [2.45, 2.75) is 19.0 Å². The van der Waals surface area contributed by atoms with Crippen molar-refractivity contribution in [3.05, 3.63) is 82.9 Å². The molecular weight excluding hydrogens is 462 g/mol. The number of benzene rings is 3. The Balaban J connectivity index is 1.41. The Morgan fingerprint density at radius 1 is 1.00 bits per heavy atom. The summed E-state index contributed by atoms with van der Waals surface area (Å²) in [4.78, 5) is 18.5. The minimum absolute atomic E-state index is 0.0306. The van der Waals surface area contributed by atoms with Gasteiger partial charge in [0, 0.05) is 54.7 Å². The molecule has 0 bridgehead atoms. The Bertz CT molecular complexity index is 1200. The van der Waals surface area contributed by atoms with E-state index in [2.05, 4.69) is 39.4 Å². The van der Waals surface area contributed by atoms with E-state index in [0.29, 0.717) is 6.42 Å². The lowest BCUT2D eigenvalue weighted by Crippen LogP contribution is -2.60. The average molecular weight is 492 g/mol. The van der Waals surface area contributed by atoms with Crippen LogP contribution in [-0.2, 0) is 17.8 Å². The fourth-order valence-electron chi connectivity index (χ4n) is 5.19. The van der Waals surface area contributed by atoms with Crippen molar-refractivity contribution in [2.24, 2.45) is 5.92 Å². The lowest BCUT2D eigenvalue weighted by molar-refractivity contribution is -0.121. The number of hydrogen-bond acceptors (Lipinski definition) is 5. The number of piperazine rings is 1. The molecule has 6 nitrogen and oxygen atoms in total. The zero-order chi connectivity index (χ0) is 24.4. The molecule has 182 valence electrons. The van der Waals surface area contributed by atoms with Crippen LogP contribution in [0.2, 0.25) is 5.02 Å². The summed E-state index contributed by atoms with van der Waals surface area (Å²) in [6, 6.07) is 21.7. The molecule has 7 heteroatoms. The first-order valence-electron chi connectivity index (χ1n) is 11.9. The summed E-state index contributed by atoms with van der Waals surface area (Å²) >= 11 is 6.07. The largest absolute Gasteiger partial charge is 0.497 e. The highest BCUT2D eigenvalue weighted by atomic mass is 35.5. The average Bonchev–Trinajstić information content (AvgIpc) is 2.89. The molecule has 2 aliphatic heterocycles. The molecule has 0 aromatic heterocycles. The normalized spacial score (nSPS) is 19.5. The van der Waals surface area contributed by atoms with Gasteiger partial charge in [-0.15, -0.1) is 0 Å². The summed E-state index contributed by atoms with van der Waals surface area (Å²) in [5.74, 6) is 1.40. The quantitative estimate of drug-likeness (QED) is 0.533. The Hall–Kier alpha value is -3.22. The van der Waals surface area contributed by atoms with Gasteiger partial charge in [-0.25, -0.2) is 0 Å². The van der Waals surface area contributed by atoms with Crippen molar-refractivity contribution >= 4 is 28.9 Å². The van der Waals surface area contributed by atoms with Crippen LogP contribution < -0.4 is 19.7 Å². The van der Waals surface area contributed by atoms with Gasteiger partial charge in [0.05, 0.1) is 26.2 Å². The maximum atomic E-state index is 13.6. The van der Waals surface area contributed by atoms with E-state index in [0.717, 1.165) is 48.4 Å². The van der Waals surface area contributed by atoms with Crippen molar-refractivity contribution < 1.29 is 14.3 Å². The van der Waals surface area contributed by atoms with Crippen LogP contribution in [0, 0.1) is 5.92 Å². The number of carbonyl (C=O) groups excluding carboxylic acids is 1. The highest BCUT2D eigenvalue weighted by molar-refractivity contribution is 6.30. The van der Waals surface area contributed by atoms with Crippen molar-refractivity contribution in [2.75, 3.05) is 44.1 Å². The lowest BCUT2D eigenvalue weighted by atomic mass is 9.83. The fraction of sp³-hybridized carbons (Fsp3) is 0.321. The second-order valence-electron chi connectivity index (χ2n) is 9.15. The number of ether oxygens (including phenoxy) is 2. The van der Waals surface area contributed by atoms with Gasteiger partial charge in [0.2, 0.25) is 5.91 Å². The number of anilines is 2. The molecule has 0 radical (unpaired) electrons. The summed E-state index contributed by atoms with van der Waals surface area (Å²) < 4.78 is 10.8. The smallest absolute Gasteiger partial charge is 0.229 e. The second-order valence-corrected chi connectivity index (χ2v) is 9.59.